The summed E-state index contributed by atoms with van der Waals surface area (Å²) in [5.74, 6) is 0. The van der Waals surface area contributed by atoms with Crippen LogP contribution in [0.1, 0.15) is 41.5 Å². The highest BCUT2D eigenvalue weighted by Crippen LogP contribution is 1.82. The average Bonchev–Trinajstić information content (AvgIpc) is 2.68. The SMILES string of the molecule is CCN(CC)CC.CCN(CC)CC.O=CO.O=CO.O=CO.O=CO.O=CO. The van der Waals surface area contributed by atoms with Gasteiger partial charge in [0, 0.05) is 0 Å². The van der Waals surface area contributed by atoms with E-state index in [0.29, 0.717) is 0 Å². The fraction of sp³-hybridized carbons (Fsp3) is 0.706. The van der Waals surface area contributed by atoms with E-state index in [1.54, 1.807) is 0 Å². The highest BCUT2D eigenvalue weighted by atomic mass is 16.4. The number of nitrogens with zero attached hydrogens (tertiary/aromatic N) is 2. The summed E-state index contributed by atoms with van der Waals surface area (Å²) < 4.78 is 0. The van der Waals surface area contributed by atoms with Gasteiger partial charge in [-0.1, -0.05) is 41.5 Å². The Morgan fingerprint density at radius 1 is 0.414 bits per heavy atom. The van der Waals surface area contributed by atoms with Gasteiger partial charge in [0.25, 0.3) is 32.4 Å². The standard InChI is InChI=1S/2C6H15N.5CH2O2/c2*1-4-7(5-2)6-3;5*2-1-3/h2*4-6H2,1-3H3;5*1H,(H,2,3). The van der Waals surface area contributed by atoms with Crippen LogP contribution in [-0.4, -0.2) is 107 Å². The van der Waals surface area contributed by atoms with Gasteiger partial charge < -0.3 is 35.3 Å². The van der Waals surface area contributed by atoms with Crippen LogP contribution in [0.15, 0.2) is 0 Å². The van der Waals surface area contributed by atoms with Gasteiger partial charge in [0.05, 0.1) is 0 Å². The predicted octanol–water partition coefficient (Wildman–Crippen LogP) is 1.20. The first-order valence-corrected chi connectivity index (χ1v) is 8.61. The minimum absolute atomic E-state index is 0.250. The van der Waals surface area contributed by atoms with Crippen LogP contribution in [0.4, 0.5) is 0 Å². The third kappa shape index (κ3) is 159. The summed E-state index contributed by atoms with van der Waals surface area (Å²) in [7, 11) is 0. The topological polar surface area (TPSA) is 193 Å². The second-order valence-corrected chi connectivity index (χ2v) is 3.77. The summed E-state index contributed by atoms with van der Waals surface area (Å²) >= 11 is 0. The van der Waals surface area contributed by atoms with E-state index in [0.717, 1.165) is 0 Å². The van der Waals surface area contributed by atoms with Gasteiger partial charge in [-0.2, -0.15) is 0 Å². The largest absolute Gasteiger partial charge is 0.483 e. The normalized spacial score (nSPS) is 7.03. The first-order valence-electron chi connectivity index (χ1n) is 8.61. The molecule has 0 fully saturated rings. The maximum atomic E-state index is 8.36. The second-order valence-electron chi connectivity index (χ2n) is 3.77. The Morgan fingerprint density at radius 2 is 0.483 bits per heavy atom. The molecular weight excluding hydrogens is 392 g/mol. The molecule has 0 unspecified atom stereocenters. The Balaban J connectivity index is -0.0000000409. The van der Waals surface area contributed by atoms with E-state index in [1.165, 1.54) is 39.3 Å². The molecule has 0 saturated heterocycles. The van der Waals surface area contributed by atoms with Crippen molar-refractivity contribution in [1.29, 1.82) is 0 Å². The molecule has 0 spiro atoms. The van der Waals surface area contributed by atoms with Crippen LogP contribution in [0, 0.1) is 0 Å². The molecule has 0 aliphatic heterocycles. The Kier molecular flexibility index (Phi) is 114. The first-order chi connectivity index (χ1) is 13.8. The van der Waals surface area contributed by atoms with Crippen molar-refractivity contribution < 1.29 is 49.5 Å². The van der Waals surface area contributed by atoms with Crippen LogP contribution in [0.5, 0.6) is 0 Å². The van der Waals surface area contributed by atoms with E-state index in [1.807, 2.05) is 0 Å². The number of hydrogen-bond acceptors (Lipinski definition) is 7. The molecule has 5 N–H and O–H groups in total. The quantitative estimate of drug-likeness (QED) is 0.377. The molecule has 0 aliphatic carbocycles. The van der Waals surface area contributed by atoms with Gasteiger partial charge in [-0.3, -0.25) is 24.0 Å². The Labute approximate surface area is 173 Å². The summed E-state index contributed by atoms with van der Waals surface area (Å²) in [6.45, 7) is 19.0. The highest BCUT2D eigenvalue weighted by Gasteiger charge is 1.89. The third-order valence-electron chi connectivity index (χ3n) is 2.68. The molecule has 0 aliphatic rings. The number of carbonyl (C=O) groups is 5. The van der Waals surface area contributed by atoms with Crippen molar-refractivity contribution in [3.8, 4) is 0 Å². The van der Waals surface area contributed by atoms with E-state index in [4.69, 9.17) is 49.5 Å². The number of carboxylic acid groups (broad SMARTS) is 5. The summed E-state index contributed by atoms with van der Waals surface area (Å²) in [5, 5.41) is 34.4. The van der Waals surface area contributed by atoms with E-state index in [9.17, 15) is 0 Å². The van der Waals surface area contributed by atoms with Crippen molar-refractivity contribution in [2.75, 3.05) is 39.3 Å². The highest BCUT2D eigenvalue weighted by molar-refractivity contribution is 5.33. The van der Waals surface area contributed by atoms with Crippen LogP contribution in [0.2, 0.25) is 0 Å². The lowest BCUT2D eigenvalue weighted by Crippen LogP contribution is -2.21. The summed E-state index contributed by atoms with van der Waals surface area (Å²) in [6.07, 6.45) is 0. The smallest absolute Gasteiger partial charge is 0.290 e. The zero-order valence-electron chi connectivity index (χ0n) is 18.3. The minimum Gasteiger partial charge on any atom is -0.483 e. The number of hydrogen-bond donors (Lipinski definition) is 5. The minimum atomic E-state index is -0.250. The van der Waals surface area contributed by atoms with Crippen molar-refractivity contribution in [3.63, 3.8) is 0 Å². The molecule has 0 aromatic heterocycles. The molecule has 0 saturated carbocycles. The Hall–Kier alpha value is -2.73. The number of rotatable bonds is 6. The monoisotopic (exact) mass is 432 g/mol. The maximum Gasteiger partial charge on any atom is 0.290 e. The van der Waals surface area contributed by atoms with Crippen LogP contribution in [-0.2, 0) is 24.0 Å². The molecule has 0 bridgehead atoms. The van der Waals surface area contributed by atoms with E-state index < -0.39 is 0 Å². The van der Waals surface area contributed by atoms with Crippen molar-refractivity contribution >= 4 is 32.4 Å². The van der Waals surface area contributed by atoms with Crippen molar-refractivity contribution in [1.82, 2.24) is 9.80 Å². The Morgan fingerprint density at radius 3 is 0.483 bits per heavy atom. The molecule has 0 aromatic carbocycles. The molecule has 0 atom stereocenters. The van der Waals surface area contributed by atoms with Gasteiger partial charge in [-0.15, -0.1) is 0 Å². The molecule has 0 aromatic rings. The lowest BCUT2D eigenvalue weighted by atomic mass is 10.5. The third-order valence-corrected chi connectivity index (χ3v) is 2.68. The Bertz CT molecular complexity index is 217. The zero-order chi connectivity index (χ0) is 24.9. The fourth-order valence-corrected chi connectivity index (χ4v) is 1.34. The van der Waals surface area contributed by atoms with Crippen LogP contribution >= 0.6 is 0 Å². The van der Waals surface area contributed by atoms with Crippen LogP contribution < -0.4 is 0 Å². The molecule has 12 nitrogen and oxygen atoms in total. The fourth-order valence-electron chi connectivity index (χ4n) is 1.34. The molecule has 178 valence electrons. The molecule has 0 radical (unpaired) electrons. The van der Waals surface area contributed by atoms with Crippen LogP contribution in [0.3, 0.4) is 0 Å². The summed E-state index contributed by atoms with van der Waals surface area (Å²) in [5.41, 5.74) is 0. The maximum absolute atomic E-state index is 8.36. The van der Waals surface area contributed by atoms with Gasteiger partial charge in [-0.05, 0) is 39.3 Å². The van der Waals surface area contributed by atoms with Crippen molar-refractivity contribution in [2.45, 2.75) is 41.5 Å². The molecule has 0 heterocycles. The predicted molar refractivity (Wildman–Crippen MR) is 110 cm³/mol. The average molecular weight is 433 g/mol. The van der Waals surface area contributed by atoms with Gasteiger partial charge in [0.2, 0.25) is 0 Å². The van der Waals surface area contributed by atoms with Crippen molar-refractivity contribution in [3.05, 3.63) is 0 Å². The summed E-state index contributed by atoms with van der Waals surface area (Å²) in [4.78, 5) is 46.6. The van der Waals surface area contributed by atoms with Gasteiger partial charge in [0.1, 0.15) is 0 Å². The van der Waals surface area contributed by atoms with E-state index in [2.05, 4.69) is 51.3 Å². The van der Waals surface area contributed by atoms with Crippen LogP contribution in [0.25, 0.3) is 0 Å². The van der Waals surface area contributed by atoms with Gasteiger partial charge in [-0.25, -0.2) is 0 Å². The first kappa shape index (κ1) is 45.2. The molecule has 12 heteroatoms. The summed E-state index contributed by atoms with van der Waals surface area (Å²) in [6, 6.07) is 0. The zero-order valence-corrected chi connectivity index (χ0v) is 18.3. The molecule has 29 heavy (non-hydrogen) atoms. The van der Waals surface area contributed by atoms with Crippen molar-refractivity contribution in [2.24, 2.45) is 0 Å². The molecule has 0 amide bonds. The molecular formula is C17H40N2O10. The van der Waals surface area contributed by atoms with E-state index >= 15 is 0 Å². The lowest BCUT2D eigenvalue weighted by Gasteiger charge is -2.13. The lowest BCUT2D eigenvalue weighted by molar-refractivity contribution is -0.123. The second kappa shape index (κ2) is 73.1. The molecule has 0 rings (SSSR count). The van der Waals surface area contributed by atoms with E-state index in [-0.39, 0.29) is 32.4 Å². The van der Waals surface area contributed by atoms with Gasteiger partial charge >= 0.3 is 0 Å². The van der Waals surface area contributed by atoms with Gasteiger partial charge in [0.15, 0.2) is 0 Å².